The minimum absolute atomic E-state index is 0.335. The van der Waals surface area contributed by atoms with E-state index in [-0.39, 0.29) is 5.97 Å². The second-order valence-corrected chi connectivity index (χ2v) is 4.09. The van der Waals surface area contributed by atoms with Crippen LogP contribution < -0.4 is 0 Å². The molecule has 0 fully saturated rings. The fraction of sp³-hybridized carbons (Fsp3) is 0.182. The first-order valence-electron chi connectivity index (χ1n) is 4.33. The average Bonchev–Trinajstić information content (AvgIpc) is 2.26. The van der Waals surface area contributed by atoms with Gasteiger partial charge in [0.15, 0.2) is 0 Å². The van der Waals surface area contributed by atoms with Crippen molar-refractivity contribution in [3.63, 3.8) is 0 Å². The number of rotatable bonds is 4. The van der Waals surface area contributed by atoms with Gasteiger partial charge in [0, 0.05) is 16.9 Å². The van der Waals surface area contributed by atoms with Crippen LogP contribution in [-0.2, 0) is 15.3 Å². The Morgan fingerprint density at radius 3 is 2.73 bits per heavy atom. The molecule has 0 bridgehead atoms. The van der Waals surface area contributed by atoms with Gasteiger partial charge in [-0.05, 0) is 23.1 Å². The normalized spacial score (nSPS) is 10.5. The number of benzene rings is 1. The molecule has 0 amide bonds. The van der Waals surface area contributed by atoms with Crippen LogP contribution in [0.25, 0.3) is 0 Å². The summed E-state index contributed by atoms with van der Waals surface area (Å²) in [6.45, 7) is 0. The molecule has 1 rings (SSSR count). The van der Waals surface area contributed by atoms with Crippen molar-refractivity contribution in [1.29, 1.82) is 0 Å². The number of carbonyl (C=O) groups excluding carboxylic acids is 1. The van der Waals surface area contributed by atoms with Crippen molar-refractivity contribution in [3.8, 4) is 0 Å². The first-order valence-corrected chi connectivity index (χ1v) is 5.75. The number of hydrogen-bond donors (Lipinski definition) is 0. The van der Waals surface area contributed by atoms with E-state index < -0.39 is 0 Å². The third kappa shape index (κ3) is 4.91. The van der Waals surface area contributed by atoms with Gasteiger partial charge in [0.2, 0.25) is 0 Å². The lowest BCUT2D eigenvalue weighted by molar-refractivity contribution is -0.134. The van der Waals surface area contributed by atoms with E-state index in [1.165, 1.54) is 30.5 Å². The van der Waals surface area contributed by atoms with Crippen molar-refractivity contribution >= 4 is 29.3 Å². The molecule has 1 aromatic rings. The largest absolute Gasteiger partial charge is 0.466 e. The molecular formula is C11H11ClO2S. The van der Waals surface area contributed by atoms with Crippen LogP contribution >= 0.6 is 23.4 Å². The molecule has 0 atom stereocenters. The summed E-state index contributed by atoms with van der Waals surface area (Å²) in [5.41, 5.74) is 1.17. The predicted molar refractivity (Wildman–Crippen MR) is 63.9 cm³/mol. The van der Waals surface area contributed by atoms with Crippen LogP contribution in [-0.4, -0.2) is 13.1 Å². The van der Waals surface area contributed by atoms with Gasteiger partial charge in [-0.2, -0.15) is 0 Å². The number of thioether (sulfide) groups is 1. The van der Waals surface area contributed by atoms with E-state index in [0.29, 0.717) is 0 Å². The molecule has 0 N–H and O–H groups in total. The Kier molecular flexibility index (Phi) is 5.29. The van der Waals surface area contributed by atoms with Crippen molar-refractivity contribution in [2.24, 2.45) is 0 Å². The van der Waals surface area contributed by atoms with Crippen LogP contribution in [0.15, 0.2) is 35.7 Å². The highest BCUT2D eigenvalue weighted by Crippen LogP contribution is 2.15. The molecule has 0 aliphatic carbocycles. The Morgan fingerprint density at radius 2 is 2.13 bits per heavy atom. The van der Waals surface area contributed by atoms with Gasteiger partial charge < -0.3 is 4.74 Å². The summed E-state index contributed by atoms with van der Waals surface area (Å²) in [7, 11) is 1.36. The highest BCUT2D eigenvalue weighted by atomic mass is 35.5. The van der Waals surface area contributed by atoms with Crippen molar-refractivity contribution in [1.82, 2.24) is 0 Å². The lowest BCUT2D eigenvalue weighted by Crippen LogP contribution is -1.92. The van der Waals surface area contributed by atoms with Crippen LogP contribution in [0.2, 0.25) is 5.02 Å². The van der Waals surface area contributed by atoms with Crippen molar-refractivity contribution in [3.05, 3.63) is 46.3 Å². The number of methoxy groups -OCH3 is 1. The zero-order valence-corrected chi connectivity index (χ0v) is 9.85. The van der Waals surface area contributed by atoms with Gasteiger partial charge >= 0.3 is 5.97 Å². The Balaban J connectivity index is 2.35. The zero-order chi connectivity index (χ0) is 11.1. The number of esters is 1. The third-order valence-electron chi connectivity index (χ3n) is 1.66. The molecule has 0 radical (unpaired) electrons. The summed E-state index contributed by atoms with van der Waals surface area (Å²) < 4.78 is 4.46. The molecule has 0 saturated heterocycles. The Labute approximate surface area is 98.3 Å². The first-order chi connectivity index (χ1) is 7.22. The van der Waals surface area contributed by atoms with E-state index in [2.05, 4.69) is 4.74 Å². The van der Waals surface area contributed by atoms with E-state index in [1.807, 2.05) is 24.3 Å². The maximum absolute atomic E-state index is 10.7. The lowest BCUT2D eigenvalue weighted by Gasteiger charge is -1.97. The summed E-state index contributed by atoms with van der Waals surface area (Å²) >= 11 is 7.28. The molecule has 0 unspecified atom stereocenters. The molecule has 0 heterocycles. The minimum Gasteiger partial charge on any atom is -0.466 e. The number of hydrogen-bond acceptors (Lipinski definition) is 3. The van der Waals surface area contributed by atoms with Gasteiger partial charge in [-0.3, -0.25) is 0 Å². The summed E-state index contributed by atoms with van der Waals surface area (Å²) in [6.07, 6.45) is 1.40. The standard InChI is InChI=1S/C11H11ClO2S/c1-14-11(13)6-7-15-8-9-2-4-10(12)5-3-9/h2-7H,8H2,1H3/b7-6+. The van der Waals surface area contributed by atoms with E-state index >= 15 is 0 Å². The third-order valence-corrected chi connectivity index (χ3v) is 2.75. The molecule has 0 saturated carbocycles. The summed E-state index contributed by atoms with van der Waals surface area (Å²) in [4.78, 5) is 10.7. The Hall–Kier alpha value is -0.930. The van der Waals surface area contributed by atoms with Crippen molar-refractivity contribution in [2.45, 2.75) is 5.75 Å². The quantitative estimate of drug-likeness (QED) is 0.599. The van der Waals surface area contributed by atoms with E-state index in [1.54, 1.807) is 5.41 Å². The van der Waals surface area contributed by atoms with Crippen molar-refractivity contribution in [2.75, 3.05) is 7.11 Å². The second-order valence-electron chi connectivity index (χ2n) is 2.76. The summed E-state index contributed by atoms with van der Waals surface area (Å²) in [5.74, 6) is 0.476. The molecule has 0 aliphatic rings. The van der Waals surface area contributed by atoms with Crippen LogP contribution in [0.3, 0.4) is 0 Å². The van der Waals surface area contributed by atoms with Gasteiger partial charge in [-0.15, -0.1) is 11.8 Å². The number of carbonyl (C=O) groups is 1. The molecule has 80 valence electrons. The molecule has 0 spiro atoms. The molecular weight excluding hydrogens is 232 g/mol. The molecule has 0 aromatic heterocycles. The maximum atomic E-state index is 10.7. The second kappa shape index (κ2) is 6.53. The highest BCUT2D eigenvalue weighted by molar-refractivity contribution is 8.01. The number of ether oxygens (including phenoxy) is 1. The lowest BCUT2D eigenvalue weighted by atomic mass is 10.2. The minimum atomic E-state index is -0.335. The van der Waals surface area contributed by atoms with E-state index in [4.69, 9.17) is 11.6 Å². The van der Waals surface area contributed by atoms with Gasteiger partial charge in [0.25, 0.3) is 0 Å². The fourth-order valence-corrected chi connectivity index (χ4v) is 1.71. The maximum Gasteiger partial charge on any atom is 0.330 e. The molecule has 2 nitrogen and oxygen atoms in total. The summed E-state index contributed by atoms with van der Waals surface area (Å²) in [5, 5.41) is 2.45. The molecule has 4 heteroatoms. The predicted octanol–water partition coefficient (Wildman–Crippen LogP) is 3.26. The average molecular weight is 243 g/mol. The smallest absolute Gasteiger partial charge is 0.330 e. The van der Waals surface area contributed by atoms with Crippen LogP contribution in [0.5, 0.6) is 0 Å². The molecule has 15 heavy (non-hydrogen) atoms. The topological polar surface area (TPSA) is 26.3 Å². The highest BCUT2D eigenvalue weighted by Gasteiger charge is 1.93. The monoisotopic (exact) mass is 242 g/mol. The van der Waals surface area contributed by atoms with E-state index in [9.17, 15) is 4.79 Å². The van der Waals surface area contributed by atoms with E-state index in [0.717, 1.165) is 10.8 Å². The zero-order valence-electron chi connectivity index (χ0n) is 8.27. The van der Waals surface area contributed by atoms with Gasteiger partial charge in [0.1, 0.15) is 0 Å². The van der Waals surface area contributed by atoms with Gasteiger partial charge in [0.05, 0.1) is 7.11 Å². The SMILES string of the molecule is COC(=O)/C=C/SCc1ccc(Cl)cc1. The summed E-state index contributed by atoms with van der Waals surface area (Å²) in [6, 6.07) is 7.62. The van der Waals surface area contributed by atoms with Crippen molar-refractivity contribution < 1.29 is 9.53 Å². The van der Waals surface area contributed by atoms with Gasteiger partial charge in [-0.25, -0.2) is 4.79 Å². The van der Waals surface area contributed by atoms with Crippen LogP contribution in [0, 0.1) is 0 Å². The number of halogens is 1. The fourth-order valence-electron chi connectivity index (χ4n) is 0.897. The first kappa shape index (κ1) is 12.1. The Morgan fingerprint density at radius 1 is 1.47 bits per heavy atom. The molecule has 0 aliphatic heterocycles. The van der Waals surface area contributed by atoms with Gasteiger partial charge in [-0.1, -0.05) is 23.7 Å². The molecule has 1 aromatic carbocycles. The van der Waals surface area contributed by atoms with Crippen LogP contribution in [0.1, 0.15) is 5.56 Å². The Bertz CT molecular complexity index is 346. The van der Waals surface area contributed by atoms with Crippen LogP contribution in [0.4, 0.5) is 0 Å².